The average Bonchev–Trinajstić information content (AvgIpc) is 2.57. The fourth-order valence-electron chi connectivity index (χ4n) is 2.02. The molecule has 1 N–H and O–H groups in total. The van der Waals surface area contributed by atoms with E-state index in [0.717, 1.165) is 16.0 Å². The van der Waals surface area contributed by atoms with Gasteiger partial charge in [0.1, 0.15) is 5.25 Å². The summed E-state index contributed by atoms with van der Waals surface area (Å²) in [5.74, 6) is -0.748. The summed E-state index contributed by atoms with van der Waals surface area (Å²) in [7, 11) is 0. The summed E-state index contributed by atoms with van der Waals surface area (Å²) in [5, 5.41) is 2.36. The molecule has 0 aliphatic carbocycles. The van der Waals surface area contributed by atoms with Crippen LogP contribution in [0.3, 0.4) is 0 Å². The van der Waals surface area contributed by atoms with Gasteiger partial charge in [0.15, 0.2) is 6.61 Å². The number of anilines is 1. The van der Waals surface area contributed by atoms with Crippen LogP contribution in [0.15, 0.2) is 53.4 Å². The first-order valence-corrected chi connectivity index (χ1v) is 8.59. The lowest BCUT2D eigenvalue weighted by molar-refractivity contribution is -0.146. The van der Waals surface area contributed by atoms with Crippen LogP contribution >= 0.6 is 11.8 Å². The Hall–Kier alpha value is -2.27. The Labute approximate surface area is 146 Å². The van der Waals surface area contributed by atoms with Gasteiger partial charge in [0, 0.05) is 10.6 Å². The zero-order valence-corrected chi connectivity index (χ0v) is 14.9. The second-order valence-corrected chi connectivity index (χ2v) is 6.94. The standard InChI is InChI=1S/C19H21NO3S/c1-13-9-10-16(11-14(13)2)20-18(21)12-23-19(22)15(3)24-17-7-5-4-6-8-17/h4-11,15H,12H2,1-3H3,(H,20,21)/t15-/m1/s1. The van der Waals surface area contributed by atoms with Crippen molar-refractivity contribution in [2.24, 2.45) is 0 Å². The number of rotatable bonds is 6. The third-order valence-electron chi connectivity index (χ3n) is 3.52. The normalized spacial score (nSPS) is 11.6. The molecule has 126 valence electrons. The molecule has 0 heterocycles. The van der Waals surface area contributed by atoms with Crippen molar-refractivity contribution in [2.75, 3.05) is 11.9 Å². The van der Waals surface area contributed by atoms with E-state index in [0.29, 0.717) is 5.69 Å². The number of thioether (sulfide) groups is 1. The maximum absolute atomic E-state index is 12.0. The molecule has 1 atom stereocenters. The van der Waals surface area contributed by atoms with E-state index >= 15 is 0 Å². The molecule has 1 amide bonds. The van der Waals surface area contributed by atoms with E-state index < -0.39 is 5.97 Å². The molecule has 0 unspecified atom stereocenters. The highest BCUT2D eigenvalue weighted by molar-refractivity contribution is 8.00. The van der Waals surface area contributed by atoms with E-state index in [9.17, 15) is 9.59 Å². The molecule has 0 radical (unpaired) electrons. The lowest BCUT2D eigenvalue weighted by Gasteiger charge is -2.12. The zero-order chi connectivity index (χ0) is 17.5. The molecule has 4 nitrogen and oxygen atoms in total. The summed E-state index contributed by atoms with van der Waals surface area (Å²) in [5.41, 5.74) is 2.95. The molecule has 24 heavy (non-hydrogen) atoms. The van der Waals surface area contributed by atoms with Gasteiger partial charge in [-0.05, 0) is 56.2 Å². The molecule has 0 aliphatic rings. The minimum absolute atomic E-state index is 0.286. The summed E-state index contributed by atoms with van der Waals surface area (Å²) in [6.45, 7) is 5.47. The number of aryl methyl sites for hydroxylation is 2. The Kier molecular flexibility index (Phi) is 6.44. The number of ether oxygens (including phenoxy) is 1. The fraction of sp³-hybridized carbons (Fsp3) is 0.263. The average molecular weight is 343 g/mol. The number of carbonyl (C=O) groups is 2. The summed E-state index contributed by atoms with van der Waals surface area (Å²) in [4.78, 5) is 24.9. The Morgan fingerprint density at radius 3 is 2.46 bits per heavy atom. The van der Waals surface area contributed by atoms with Crippen molar-refractivity contribution in [1.29, 1.82) is 0 Å². The van der Waals surface area contributed by atoms with Crippen molar-refractivity contribution >= 4 is 29.3 Å². The van der Waals surface area contributed by atoms with Crippen LogP contribution in [0.2, 0.25) is 0 Å². The number of hydrogen-bond donors (Lipinski definition) is 1. The van der Waals surface area contributed by atoms with Gasteiger partial charge in [0.05, 0.1) is 0 Å². The van der Waals surface area contributed by atoms with E-state index in [1.54, 1.807) is 6.92 Å². The zero-order valence-electron chi connectivity index (χ0n) is 14.0. The van der Waals surface area contributed by atoms with Crippen LogP contribution in [0.1, 0.15) is 18.1 Å². The van der Waals surface area contributed by atoms with Gasteiger partial charge in [-0.1, -0.05) is 24.3 Å². The van der Waals surface area contributed by atoms with Crippen LogP contribution in [-0.2, 0) is 14.3 Å². The molecule has 0 spiro atoms. The van der Waals surface area contributed by atoms with Gasteiger partial charge in [-0.2, -0.15) is 0 Å². The van der Waals surface area contributed by atoms with E-state index in [-0.39, 0.29) is 17.8 Å². The van der Waals surface area contributed by atoms with Gasteiger partial charge in [0.2, 0.25) is 0 Å². The van der Waals surface area contributed by atoms with Crippen molar-refractivity contribution < 1.29 is 14.3 Å². The van der Waals surface area contributed by atoms with Crippen LogP contribution in [0.5, 0.6) is 0 Å². The van der Waals surface area contributed by atoms with Crippen molar-refractivity contribution in [2.45, 2.75) is 30.9 Å². The fourth-order valence-corrected chi connectivity index (χ4v) is 2.91. The molecule has 0 aromatic heterocycles. The SMILES string of the molecule is Cc1ccc(NC(=O)COC(=O)[C@@H](C)Sc2ccccc2)cc1C. The Bertz CT molecular complexity index is 716. The molecular weight excluding hydrogens is 322 g/mol. The van der Waals surface area contributed by atoms with Crippen LogP contribution in [0.25, 0.3) is 0 Å². The van der Waals surface area contributed by atoms with Crippen LogP contribution in [-0.4, -0.2) is 23.7 Å². The van der Waals surface area contributed by atoms with Gasteiger partial charge in [-0.3, -0.25) is 9.59 Å². The second kappa shape index (κ2) is 8.55. The van der Waals surface area contributed by atoms with Crippen molar-refractivity contribution in [3.05, 3.63) is 59.7 Å². The van der Waals surface area contributed by atoms with E-state index in [1.807, 2.05) is 62.4 Å². The summed E-state index contributed by atoms with van der Waals surface area (Å²) >= 11 is 1.40. The molecule has 5 heteroatoms. The van der Waals surface area contributed by atoms with Gasteiger partial charge < -0.3 is 10.1 Å². The highest BCUT2D eigenvalue weighted by Crippen LogP contribution is 2.23. The number of hydrogen-bond acceptors (Lipinski definition) is 4. The van der Waals surface area contributed by atoms with Crippen molar-refractivity contribution in [3.63, 3.8) is 0 Å². The predicted octanol–water partition coefficient (Wildman–Crippen LogP) is 3.97. The Morgan fingerprint density at radius 1 is 1.08 bits per heavy atom. The highest BCUT2D eigenvalue weighted by Gasteiger charge is 2.17. The first-order valence-electron chi connectivity index (χ1n) is 7.71. The lowest BCUT2D eigenvalue weighted by Crippen LogP contribution is -2.24. The number of esters is 1. The number of nitrogens with one attached hydrogen (secondary N) is 1. The topological polar surface area (TPSA) is 55.4 Å². The van der Waals surface area contributed by atoms with Gasteiger partial charge in [0.25, 0.3) is 5.91 Å². The van der Waals surface area contributed by atoms with Crippen LogP contribution in [0, 0.1) is 13.8 Å². The number of benzene rings is 2. The van der Waals surface area contributed by atoms with E-state index in [1.165, 1.54) is 11.8 Å². The van der Waals surface area contributed by atoms with Crippen molar-refractivity contribution in [1.82, 2.24) is 0 Å². The van der Waals surface area contributed by atoms with E-state index in [4.69, 9.17) is 4.74 Å². The molecule has 0 aliphatic heterocycles. The molecular formula is C19H21NO3S. The third kappa shape index (κ3) is 5.42. The van der Waals surface area contributed by atoms with E-state index in [2.05, 4.69) is 5.32 Å². The first kappa shape index (κ1) is 18.1. The summed E-state index contributed by atoms with van der Waals surface area (Å²) < 4.78 is 5.09. The van der Waals surface area contributed by atoms with Crippen molar-refractivity contribution in [3.8, 4) is 0 Å². The Balaban J connectivity index is 1.80. The summed E-state index contributed by atoms with van der Waals surface area (Å²) in [6, 6.07) is 15.3. The minimum atomic E-state index is -0.404. The molecule has 0 bridgehead atoms. The molecule has 2 rings (SSSR count). The molecule has 2 aromatic carbocycles. The third-order valence-corrected chi connectivity index (χ3v) is 4.61. The van der Waals surface area contributed by atoms with Gasteiger partial charge >= 0.3 is 5.97 Å². The first-order chi connectivity index (χ1) is 11.5. The molecule has 0 fully saturated rings. The number of carbonyl (C=O) groups excluding carboxylic acids is 2. The molecule has 2 aromatic rings. The van der Waals surface area contributed by atoms with Gasteiger partial charge in [-0.15, -0.1) is 11.8 Å². The maximum atomic E-state index is 12.0. The monoisotopic (exact) mass is 343 g/mol. The van der Waals surface area contributed by atoms with Crippen LogP contribution in [0.4, 0.5) is 5.69 Å². The predicted molar refractivity (Wildman–Crippen MR) is 97.3 cm³/mol. The smallest absolute Gasteiger partial charge is 0.319 e. The Morgan fingerprint density at radius 2 is 1.79 bits per heavy atom. The highest BCUT2D eigenvalue weighted by atomic mass is 32.2. The number of amides is 1. The quantitative estimate of drug-likeness (QED) is 0.637. The summed E-state index contributed by atoms with van der Waals surface area (Å²) in [6.07, 6.45) is 0. The lowest BCUT2D eigenvalue weighted by atomic mass is 10.1. The maximum Gasteiger partial charge on any atom is 0.319 e. The largest absolute Gasteiger partial charge is 0.455 e. The van der Waals surface area contributed by atoms with Crippen LogP contribution < -0.4 is 5.32 Å². The second-order valence-electron chi connectivity index (χ2n) is 5.53. The van der Waals surface area contributed by atoms with Gasteiger partial charge in [-0.25, -0.2) is 0 Å². The molecule has 0 saturated carbocycles. The molecule has 0 saturated heterocycles. The minimum Gasteiger partial charge on any atom is -0.455 e.